The fourth-order valence-electron chi connectivity index (χ4n) is 1.68. The number of hydrogen-bond donors (Lipinski definition) is 2. The molecule has 0 bridgehead atoms. The molecule has 0 aliphatic rings. The average molecular weight is 249 g/mol. The van der Waals surface area contributed by atoms with Crippen molar-refractivity contribution < 1.29 is 13.9 Å². The molecule has 0 fully saturated rings. The molecular weight excluding hydrogens is 236 g/mol. The van der Waals surface area contributed by atoms with E-state index in [-0.39, 0.29) is 17.6 Å². The van der Waals surface area contributed by atoms with Crippen molar-refractivity contribution in [3.8, 4) is 5.75 Å². The lowest BCUT2D eigenvalue weighted by Crippen LogP contribution is -2.06. The molecule has 2 N–H and O–H groups in total. The molecule has 0 saturated carbocycles. The largest absolute Gasteiger partial charge is 0.505 e. The second-order valence-corrected chi connectivity index (χ2v) is 4.08. The number of phenols is 1. The third kappa shape index (κ3) is 2.77. The number of aromatic hydroxyl groups is 1. The predicted molar refractivity (Wildman–Crippen MR) is 66.5 cm³/mol. The van der Waals surface area contributed by atoms with Gasteiger partial charge in [-0.25, -0.2) is 8.78 Å². The summed E-state index contributed by atoms with van der Waals surface area (Å²) in [6, 6.07) is 10.1. The first-order chi connectivity index (χ1) is 8.56. The van der Waals surface area contributed by atoms with Crippen molar-refractivity contribution in [1.29, 1.82) is 0 Å². The molecule has 0 radical (unpaired) electrons. The zero-order valence-electron chi connectivity index (χ0n) is 9.82. The van der Waals surface area contributed by atoms with Gasteiger partial charge in [0.25, 0.3) is 0 Å². The lowest BCUT2D eigenvalue weighted by atomic mass is 10.1. The monoisotopic (exact) mass is 249 g/mol. The number of rotatable bonds is 3. The molecule has 0 amide bonds. The van der Waals surface area contributed by atoms with E-state index in [0.717, 1.165) is 5.56 Å². The Morgan fingerprint density at radius 1 is 1.06 bits per heavy atom. The van der Waals surface area contributed by atoms with Gasteiger partial charge in [0.1, 0.15) is 5.82 Å². The first-order valence-corrected chi connectivity index (χ1v) is 5.57. The molecule has 4 heteroatoms. The third-order valence-corrected chi connectivity index (χ3v) is 2.70. The minimum atomic E-state index is -0.675. The molecule has 2 aromatic rings. The topological polar surface area (TPSA) is 32.3 Å². The lowest BCUT2D eigenvalue weighted by molar-refractivity contribution is 0.432. The summed E-state index contributed by atoms with van der Waals surface area (Å²) in [5, 5.41) is 12.2. The van der Waals surface area contributed by atoms with Crippen molar-refractivity contribution >= 4 is 5.69 Å². The highest BCUT2D eigenvalue weighted by Crippen LogP contribution is 2.23. The maximum atomic E-state index is 13.1. The second kappa shape index (κ2) is 5.04. The van der Waals surface area contributed by atoms with Gasteiger partial charge in [-0.15, -0.1) is 0 Å². The number of hydrogen-bond acceptors (Lipinski definition) is 2. The number of nitrogens with one attached hydrogen (secondary N) is 1. The van der Waals surface area contributed by atoms with E-state index in [1.807, 2.05) is 6.92 Å². The Balaban J connectivity index is 2.13. The number of anilines is 1. The highest BCUT2D eigenvalue weighted by molar-refractivity contribution is 5.48. The summed E-state index contributed by atoms with van der Waals surface area (Å²) < 4.78 is 25.9. The van der Waals surface area contributed by atoms with Crippen LogP contribution in [0.4, 0.5) is 14.5 Å². The second-order valence-electron chi connectivity index (χ2n) is 4.08. The van der Waals surface area contributed by atoms with Gasteiger partial charge in [-0.1, -0.05) is 12.1 Å². The molecule has 0 aliphatic heterocycles. The van der Waals surface area contributed by atoms with E-state index in [4.69, 9.17) is 5.11 Å². The zero-order chi connectivity index (χ0) is 13.1. The van der Waals surface area contributed by atoms with Crippen molar-refractivity contribution in [2.45, 2.75) is 13.0 Å². The third-order valence-electron chi connectivity index (χ3n) is 2.70. The van der Waals surface area contributed by atoms with Gasteiger partial charge in [-0.05, 0) is 36.8 Å². The van der Waals surface area contributed by atoms with Gasteiger partial charge in [-0.2, -0.15) is 0 Å². The van der Waals surface area contributed by atoms with Gasteiger partial charge in [0.05, 0.1) is 0 Å². The fraction of sp³-hybridized carbons (Fsp3) is 0.143. The van der Waals surface area contributed by atoms with Gasteiger partial charge in [0.15, 0.2) is 11.6 Å². The average Bonchev–Trinajstić information content (AvgIpc) is 2.34. The summed E-state index contributed by atoms with van der Waals surface area (Å²) in [7, 11) is 0. The molecule has 0 aromatic heterocycles. The van der Waals surface area contributed by atoms with Crippen LogP contribution in [0.5, 0.6) is 5.75 Å². The van der Waals surface area contributed by atoms with Crippen LogP contribution < -0.4 is 5.32 Å². The number of phenolic OH excluding ortho intramolecular Hbond substituents is 1. The first-order valence-electron chi connectivity index (χ1n) is 5.57. The summed E-state index contributed by atoms with van der Waals surface area (Å²) in [5.74, 6) is -1.34. The van der Waals surface area contributed by atoms with Crippen molar-refractivity contribution in [2.24, 2.45) is 0 Å². The SMILES string of the molecule is CC(Nc1ccc(O)c(F)c1)c1ccc(F)cc1. The molecule has 0 saturated heterocycles. The summed E-state index contributed by atoms with van der Waals surface area (Å²) in [4.78, 5) is 0. The maximum Gasteiger partial charge on any atom is 0.166 e. The Kier molecular flexibility index (Phi) is 3.46. The van der Waals surface area contributed by atoms with Crippen LogP contribution in [0.2, 0.25) is 0 Å². The van der Waals surface area contributed by atoms with Gasteiger partial charge in [0.2, 0.25) is 0 Å². The van der Waals surface area contributed by atoms with Crippen LogP contribution in [0, 0.1) is 11.6 Å². The van der Waals surface area contributed by atoms with E-state index in [9.17, 15) is 8.78 Å². The molecule has 94 valence electrons. The predicted octanol–water partition coefficient (Wildman–Crippen LogP) is 3.84. The van der Waals surface area contributed by atoms with Crippen LogP contribution in [0.15, 0.2) is 42.5 Å². The van der Waals surface area contributed by atoms with Crippen LogP contribution in [0.3, 0.4) is 0 Å². The molecule has 1 atom stereocenters. The van der Waals surface area contributed by atoms with Crippen molar-refractivity contribution in [3.63, 3.8) is 0 Å². The Labute approximate surface area is 104 Å². The Hall–Kier alpha value is -2.10. The number of benzene rings is 2. The first kappa shape index (κ1) is 12.4. The molecule has 0 heterocycles. The normalized spacial score (nSPS) is 12.2. The van der Waals surface area contributed by atoms with Crippen molar-refractivity contribution in [2.75, 3.05) is 5.32 Å². The molecule has 0 spiro atoms. The van der Waals surface area contributed by atoms with Crippen LogP contribution in [0.1, 0.15) is 18.5 Å². The summed E-state index contributed by atoms with van der Waals surface area (Å²) in [6.07, 6.45) is 0. The van der Waals surface area contributed by atoms with E-state index in [1.54, 1.807) is 18.2 Å². The van der Waals surface area contributed by atoms with Crippen LogP contribution >= 0.6 is 0 Å². The molecule has 0 aliphatic carbocycles. The van der Waals surface area contributed by atoms with E-state index in [2.05, 4.69) is 5.32 Å². The van der Waals surface area contributed by atoms with E-state index < -0.39 is 5.82 Å². The lowest BCUT2D eigenvalue weighted by Gasteiger charge is -2.15. The molecule has 2 aromatic carbocycles. The van der Waals surface area contributed by atoms with Crippen molar-refractivity contribution in [3.05, 3.63) is 59.7 Å². The molecular formula is C14H13F2NO. The smallest absolute Gasteiger partial charge is 0.166 e. The highest BCUT2D eigenvalue weighted by atomic mass is 19.1. The summed E-state index contributed by atoms with van der Waals surface area (Å²) >= 11 is 0. The number of halogens is 2. The Bertz CT molecular complexity index is 540. The van der Waals surface area contributed by atoms with Gasteiger partial charge >= 0.3 is 0 Å². The Morgan fingerprint density at radius 3 is 2.33 bits per heavy atom. The van der Waals surface area contributed by atoms with Gasteiger partial charge < -0.3 is 10.4 Å². The van der Waals surface area contributed by atoms with Crippen LogP contribution in [-0.2, 0) is 0 Å². The summed E-state index contributed by atoms with van der Waals surface area (Å²) in [5.41, 5.74) is 1.45. The Morgan fingerprint density at radius 2 is 1.72 bits per heavy atom. The van der Waals surface area contributed by atoms with E-state index in [1.165, 1.54) is 24.3 Å². The molecule has 18 heavy (non-hydrogen) atoms. The standard InChI is InChI=1S/C14H13F2NO/c1-9(10-2-4-11(15)5-3-10)17-12-6-7-14(18)13(16)8-12/h2-9,17-18H,1H3. The van der Waals surface area contributed by atoms with Gasteiger partial charge in [0, 0.05) is 17.8 Å². The minimum Gasteiger partial charge on any atom is -0.505 e. The maximum absolute atomic E-state index is 13.1. The molecule has 2 nitrogen and oxygen atoms in total. The van der Waals surface area contributed by atoms with E-state index in [0.29, 0.717) is 5.69 Å². The van der Waals surface area contributed by atoms with Crippen molar-refractivity contribution in [1.82, 2.24) is 0 Å². The highest BCUT2D eigenvalue weighted by Gasteiger charge is 2.07. The molecule has 2 rings (SSSR count). The van der Waals surface area contributed by atoms with Gasteiger partial charge in [-0.3, -0.25) is 0 Å². The summed E-state index contributed by atoms with van der Waals surface area (Å²) in [6.45, 7) is 1.89. The quantitative estimate of drug-likeness (QED) is 0.810. The van der Waals surface area contributed by atoms with E-state index >= 15 is 0 Å². The minimum absolute atomic E-state index is 0.0884. The fourth-order valence-corrected chi connectivity index (χ4v) is 1.68. The van der Waals surface area contributed by atoms with Crippen LogP contribution in [0.25, 0.3) is 0 Å². The van der Waals surface area contributed by atoms with Crippen LogP contribution in [-0.4, -0.2) is 5.11 Å². The zero-order valence-corrected chi connectivity index (χ0v) is 9.82. The molecule has 1 unspecified atom stereocenters.